The number of unbranched alkanes of at least 4 members (excludes halogenated alkanes) is 6. The van der Waals surface area contributed by atoms with Gasteiger partial charge in [0, 0.05) is 0 Å². The van der Waals surface area contributed by atoms with Crippen molar-refractivity contribution in [2.24, 2.45) is 0 Å². The molecule has 94 valence electrons. The second-order valence-corrected chi connectivity index (χ2v) is 4.54. The Kier molecular flexibility index (Phi) is 7.37. The molecular weight excluding hydrogens is 211 g/mol. The van der Waals surface area contributed by atoms with Crippen molar-refractivity contribution in [2.45, 2.75) is 51.4 Å². The molecule has 0 atom stereocenters. The van der Waals surface area contributed by atoms with E-state index in [1.54, 1.807) is 12.1 Å². The fraction of sp³-hybridized carbons (Fsp3) is 0.500. The molecule has 0 heterocycles. The first-order chi connectivity index (χ1) is 8.34. The lowest BCUT2D eigenvalue weighted by atomic mass is 10.0. The van der Waals surface area contributed by atoms with Crippen molar-refractivity contribution in [2.75, 3.05) is 0 Å². The van der Waals surface area contributed by atoms with E-state index in [2.05, 4.69) is 6.58 Å². The molecule has 1 aromatic rings. The Hall–Kier alpha value is -1.11. The highest BCUT2D eigenvalue weighted by atomic mass is 19.1. The smallest absolute Gasteiger partial charge is 0.126 e. The molecule has 0 aliphatic rings. The second kappa shape index (κ2) is 8.98. The molecule has 1 heteroatoms. The van der Waals surface area contributed by atoms with Crippen LogP contribution in [0.1, 0.15) is 50.5 Å². The zero-order valence-electron chi connectivity index (χ0n) is 10.6. The van der Waals surface area contributed by atoms with Gasteiger partial charge in [-0.1, -0.05) is 50.0 Å². The van der Waals surface area contributed by atoms with Gasteiger partial charge in [0.2, 0.25) is 0 Å². The van der Waals surface area contributed by atoms with E-state index in [-0.39, 0.29) is 5.82 Å². The summed E-state index contributed by atoms with van der Waals surface area (Å²) in [6.07, 6.45) is 11.4. The van der Waals surface area contributed by atoms with Crippen molar-refractivity contribution < 1.29 is 4.39 Å². The molecule has 0 spiro atoms. The molecule has 0 aromatic heterocycles. The number of hydrogen-bond donors (Lipinski definition) is 0. The molecule has 0 unspecified atom stereocenters. The molecule has 0 N–H and O–H groups in total. The summed E-state index contributed by atoms with van der Waals surface area (Å²) >= 11 is 0. The van der Waals surface area contributed by atoms with Gasteiger partial charge in [-0.05, 0) is 37.3 Å². The van der Waals surface area contributed by atoms with Gasteiger partial charge in [-0.25, -0.2) is 4.39 Å². The fourth-order valence-electron chi connectivity index (χ4n) is 2.01. The largest absolute Gasteiger partial charge is 0.207 e. The van der Waals surface area contributed by atoms with Gasteiger partial charge in [0.05, 0.1) is 0 Å². The molecule has 1 rings (SSSR count). The molecule has 0 nitrogen and oxygen atoms in total. The normalized spacial score (nSPS) is 10.4. The van der Waals surface area contributed by atoms with Crippen LogP contribution in [0.15, 0.2) is 36.9 Å². The molecule has 0 aliphatic carbocycles. The SMILES string of the molecule is C=CCCCCCCCCc1ccccc1F. The average molecular weight is 234 g/mol. The van der Waals surface area contributed by atoms with Crippen molar-refractivity contribution in [3.8, 4) is 0 Å². The second-order valence-electron chi connectivity index (χ2n) is 4.54. The van der Waals surface area contributed by atoms with Crippen molar-refractivity contribution >= 4 is 0 Å². The summed E-state index contributed by atoms with van der Waals surface area (Å²) in [5.74, 6) is -0.0570. The first-order valence-electron chi connectivity index (χ1n) is 6.69. The van der Waals surface area contributed by atoms with Crippen LogP contribution in [-0.2, 0) is 6.42 Å². The summed E-state index contributed by atoms with van der Waals surface area (Å²) in [4.78, 5) is 0. The van der Waals surface area contributed by atoms with E-state index >= 15 is 0 Å². The quantitative estimate of drug-likeness (QED) is 0.402. The average Bonchev–Trinajstić information content (AvgIpc) is 2.35. The van der Waals surface area contributed by atoms with E-state index in [9.17, 15) is 4.39 Å². The molecule has 0 saturated heterocycles. The van der Waals surface area contributed by atoms with Crippen molar-refractivity contribution in [1.29, 1.82) is 0 Å². The first-order valence-corrected chi connectivity index (χ1v) is 6.69. The molecule has 0 aliphatic heterocycles. The number of aryl methyl sites for hydroxylation is 1. The molecule has 0 saturated carbocycles. The summed E-state index contributed by atoms with van der Waals surface area (Å²) in [5.41, 5.74) is 0.860. The lowest BCUT2D eigenvalue weighted by molar-refractivity contribution is 0.576. The number of rotatable bonds is 9. The standard InChI is InChI=1S/C16H23F/c1-2-3-4-5-6-7-8-9-12-15-13-10-11-14-16(15)17/h2,10-11,13-14H,1,3-9,12H2. The summed E-state index contributed by atoms with van der Waals surface area (Å²) in [5, 5.41) is 0. The van der Waals surface area contributed by atoms with E-state index < -0.39 is 0 Å². The molecule has 17 heavy (non-hydrogen) atoms. The highest BCUT2D eigenvalue weighted by molar-refractivity contribution is 5.17. The lowest BCUT2D eigenvalue weighted by Gasteiger charge is -2.03. The van der Waals surface area contributed by atoms with Crippen molar-refractivity contribution in [3.05, 3.63) is 48.3 Å². The summed E-state index contributed by atoms with van der Waals surface area (Å²) < 4.78 is 13.3. The minimum absolute atomic E-state index is 0.0570. The number of allylic oxidation sites excluding steroid dienone is 1. The van der Waals surface area contributed by atoms with E-state index in [1.165, 1.54) is 32.1 Å². The van der Waals surface area contributed by atoms with Crippen LogP contribution in [0.25, 0.3) is 0 Å². The third-order valence-electron chi connectivity index (χ3n) is 3.06. The van der Waals surface area contributed by atoms with Crippen LogP contribution in [0.5, 0.6) is 0 Å². The van der Waals surface area contributed by atoms with Crippen LogP contribution >= 0.6 is 0 Å². The number of benzene rings is 1. The summed E-state index contributed by atoms with van der Waals surface area (Å²) in [6, 6.07) is 7.09. The van der Waals surface area contributed by atoms with Gasteiger partial charge in [0.15, 0.2) is 0 Å². The van der Waals surface area contributed by atoms with Crippen LogP contribution in [0.2, 0.25) is 0 Å². The molecule has 0 radical (unpaired) electrons. The van der Waals surface area contributed by atoms with E-state index in [0.717, 1.165) is 24.8 Å². The van der Waals surface area contributed by atoms with Gasteiger partial charge >= 0.3 is 0 Å². The van der Waals surface area contributed by atoms with Crippen LogP contribution in [0.3, 0.4) is 0 Å². The van der Waals surface area contributed by atoms with Crippen LogP contribution in [0.4, 0.5) is 4.39 Å². The van der Waals surface area contributed by atoms with Crippen LogP contribution in [0, 0.1) is 5.82 Å². The van der Waals surface area contributed by atoms with Crippen molar-refractivity contribution in [3.63, 3.8) is 0 Å². The monoisotopic (exact) mass is 234 g/mol. The number of hydrogen-bond acceptors (Lipinski definition) is 0. The topological polar surface area (TPSA) is 0 Å². The maximum absolute atomic E-state index is 13.3. The Labute approximate surface area is 105 Å². The Morgan fingerprint density at radius 1 is 0.941 bits per heavy atom. The highest BCUT2D eigenvalue weighted by Crippen LogP contribution is 2.13. The highest BCUT2D eigenvalue weighted by Gasteiger charge is 1.99. The lowest BCUT2D eigenvalue weighted by Crippen LogP contribution is -1.90. The molecule has 1 aromatic carbocycles. The van der Waals surface area contributed by atoms with Gasteiger partial charge in [-0.3, -0.25) is 0 Å². The van der Waals surface area contributed by atoms with Gasteiger partial charge in [-0.15, -0.1) is 6.58 Å². The third-order valence-corrected chi connectivity index (χ3v) is 3.06. The van der Waals surface area contributed by atoms with Gasteiger partial charge < -0.3 is 0 Å². The Morgan fingerprint density at radius 2 is 1.59 bits per heavy atom. The van der Waals surface area contributed by atoms with Crippen LogP contribution < -0.4 is 0 Å². The van der Waals surface area contributed by atoms with Gasteiger partial charge in [0.1, 0.15) is 5.82 Å². The van der Waals surface area contributed by atoms with Gasteiger partial charge in [0.25, 0.3) is 0 Å². The molecule has 0 fully saturated rings. The Balaban J connectivity index is 2.01. The molecule has 0 bridgehead atoms. The van der Waals surface area contributed by atoms with Gasteiger partial charge in [-0.2, -0.15) is 0 Å². The Morgan fingerprint density at radius 3 is 2.29 bits per heavy atom. The summed E-state index contributed by atoms with van der Waals surface area (Å²) in [6.45, 7) is 3.71. The van der Waals surface area contributed by atoms with Crippen LogP contribution in [-0.4, -0.2) is 0 Å². The van der Waals surface area contributed by atoms with E-state index in [4.69, 9.17) is 0 Å². The fourth-order valence-corrected chi connectivity index (χ4v) is 2.01. The minimum atomic E-state index is -0.0570. The first kappa shape index (κ1) is 14.0. The third kappa shape index (κ3) is 6.25. The maximum atomic E-state index is 13.3. The maximum Gasteiger partial charge on any atom is 0.126 e. The van der Waals surface area contributed by atoms with E-state index in [1.807, 2.05) is 18.2 Å². The van der Waals surface area contributed by atoms with Crippen molar-refractivity contribution in [1.82, 2.24) is 0 Å². The Bertz CT molecular complexity index is 317. The van der Waals surface area contributed by atoms with E-state index in [0.29, 0.717) is 0 Å². The molecule has 0 amide bonds. The zero-order valence-corrected chi connectivity index (χ0v) is 10.6. The molecular formula is C16H23F. The predicted octanol–water partition coefficient (Wildman–Crippen LogP) is 5.28. The summed E-state index contributed by atoms with van der Waals surface area (Å²) in [7, 11) is 0. The number of halogens is 1. The zero-order chi connectivity index (χ0) is 12.3. The minimum Gasteiger partial charge on any atom is -0.207 e. The predicted molar refractivity (Wildman–Crippen MR) is 72.6 cm³/mol.